The first-order valence-corrected chi connectivity index (χ1v) is 5.99. The van der Waals surface area contributed by atoms with Gasteiger partial charge in [0.1, 0.15) is 0 Å². The highest BCUT2D eigenvalue weighted by Gasteiger charge is 2.20. The van der Waals surface area contributed by atoms with Gasteiger partial charge in [0, 0.05) is 11.4 Å². The van der Waals surface area contributed by atoms with Gasteiger partial charge in [0.05, 0.1) is 6.04 Å². The fraction of sp³-hybridized carbons (Fsp3) is 0.583. The van der Waals surface area contributed by atoms with Crippen LogP contribution >= 0.6 is 0 Å². The minimum Gasteiger partial charge on any atom is -0.321 e. The van der Waals surface area contributed by atoms with Gasteiger partial charge in [0.25, 0.3) is 5.78 Å². The molecule has 0 aliphatic rings. The molecule has 2 atom stereocenters. The van der Waals surface area contributed by atoms with Gasteiger partial charge < -0.3 is 5.73 Å². The molecule has 2 aromatic rings. The van der Waals surface area contributed by atoms with Gasteiger partial charge in [-0.05, 0) is 25.8 Å². The number of hydrogen-bond acceptors (Lipinski definition) is 4. The molecular formula is C12H19N5. The number of aryl methyl sites for hydroxylation is 2. The molecule has 2 aromatic heterocycles. The monoisotopic (exact) mass is 233 g/mol. The molecule has 0 saturated heterocycles. The number of nitrogens with two attached hydrogens (primary N) is 1. The molecule has 2 unspecified atom stereocenters. The van der Waals surface area contributed by atoms with E-state index in [9.17, 15) is 0 Å². The molecule has 5 heteroatoms. The van der Waals surface area contributed by atoms with Crippen LogP contribution < -0.4 is 5.73 Å². The van der Waals surface area contributed by atoms with E-state index in [1.54, 1.807) is 0 Å². The zero-order valence-corrected chi connectivity index (χ0v) is 10.8. The van der Waals surface area contributed by atoms with Crippen LogP contribution in [0.1, 0.15) is 43.5 Å². The van der Waals surface area contributed by atoms with Gasteiger partial charge in [-0.25, -0.2) is 4.98 Å². The molecule has 0 spiro atoms. The molecule has 2 N–H and O–H groups in total. The Hall–Kier alpha value is -1.49. The highest BCUT2D eigenvalue weighted by atomic mass is 15.3. The Labute approximate surface area is 101 Å². The zero-order valence-electron chi connectivity index (χ0n) is 10.8. The van der Waals surface area contributed by atoms with Crippen molar-refractivity contribution in [3.8, 4) is 0 Å². The predicted octanol–water partition coefficient (Wildman–Crippen LogP) is 1.79. The second-order valence-electron chi connectivity index (χ2n) is 4.64. The van der Waals surface area contributed by atoms with Crippen molar-refractivity contribution in [2.45, 2.75) is 40.2 Å². The number of fused-ring (bicyclic) bond motifs is 1. The van der Waals surface area contributed by atoms with Crippen LogP contribution in [-0.4, -0.2) is 19.6 Å². The predicted molar refractivity (Wildman–Crippen MR) is 66.6 cm³/mol. The van der Waals surface area contributed by atoms with E-state index in [2.05, 4.69) is 29.0 Å². The second kappa shape index (κ2) is 4.41. The van der Waals surface area contributed by atoms with Gasteiger partial charge in [-0.3, -0.25) is 4.40 Å². The van der Waals surface area contributed by atoms with Crippen molar-refractivity contribution in [1.82, 2.24) is 19.6 Å². The van der Waals surface area contributed by atoms with E-state index < -0.39 is 0 Å². The number of hydrogen-bond donors (Lipinski definition) is 1. The quantitative estimate of drug-likeness (QED) is 0.877. The van der Waals surface area contributed by atoms with Crippen molar-refractivity contribution >= 4 is 5.78 Å². The van der Waals surface area contributed by atoms with Crippen LogP contribution in [-0.2, 0) is 0 Å². The largest absolute Gasteiger partial charge is 0.321 e. The smallest absolute Gasteiger partial charge is 0.255 e. The number of rotatable bonds is 3. The van der Waals surface area contributed by atoms with E-state index in [1.165, 1.54) is 0 Å². The average molecular weight is 233 g/mol. The summed E-state index contributed by atoms with van der Waals surface area (Å²) < 4.78 is 1.95. The van der Waals surface area contributed by atoms with Gasteiger partial charge in [0.15, 0.2) is 5.82 Å². The Morgan fingerprint density at radius 2 is 2.06 bits per heavy atom. The number of aromatic nitrogens is 4. The van der Waals surface area contributed by atoms with Gasteiger partial charge in [-0.15, -0.1) is 10.2 Å². The molecule has 0 aliphatic carbocycles. The van der Waals surface area contributed by atoms with Gasteiger partial charge in [-0.2, -0.15) is 0 Å². The van der Waals surface area contributed by atoms with E-state index in [1.807, 2.05) is 24.3 Å². The van der Waals surface area contributed by atoms with E-state index in [0.29, 0.717) is 11.7 Å². The first-order valence-electron chi connectivity index (χ1n) is 5.99. The summed E-state index contributed by atoms with van der Waals surface area (Å²) in [4.78, 5) is 4.36. The third-order valence-corrected chi connectivity index (χ3v) is 3.27. The van der Waals surface area contributed by atoms with Gasteiger partial charge in [-0.1, -0.05) is 20.3 Å². The average Bonchev–Trinajstić information content (AvgIpc) is 2.70. The molecule has 5 nitrogen and oxygen atoms in total. The molecule has 0 amide bonds. The number of nitrogens with zero attached hydrogens (tertiary/aromatic N) is 4. The lowest BCUT2D eigenvalue weighted by Crippen LogP contribution is -2.22. The topological polar surface area (TPSA) is 69.1 Å². The molecule has 2 heterocycles. The normalized spacial score (nSPS) is 15.1. The van der Waals surface area contributed by atoms with Crippen molar-refractivity contribution in [2.75, 3.05) is 0 Å². The van der Waals surface area contributed by atoms with Crippen molar-refractivity contribution in [2.24, 2.45) is 11.7 Å². The van der Waals surface area contributed by atoms with Gasteiger partial charge >= 0.3 is 0 Å². The van der Waals surface area contributed by atoms with Crippen LogP contribution in [0.3, 0.4) is 0 Å². The fourth-order valence-corrected chi connectivity index (χ4v) is 1.98. The molecule has 0 aliphatic heterocycles. The summed E-state index contributed by atoms with van der Waals surface area (Å²) in [5.41, 5.74) is 8.24. The van der Waals surface area contributed by atoms with E-state index >= 15 is 0 Å². The highest BCUT2D eigenvalue weighted by molar-refractivity contribution is 5.33. The summed E-state index contributed by atoms with van der Waals surface area (Å²) in [6.45, 7) is 8.24. The van der Waals surface area contributed by atoms with Crippen LogP contribution in [0, 0.1) is 19.8 Å². The third kappa shape index (κ3) is 2.02. The summed E-state index contributed by atoms with van der Waals surface area (Å²) in [7, 11) is 0. The fourth-order valence-electron chi connectivity index (χ4n) is 1.98. The molecule has 92 valence electrons. The standard InChI is InChI=1S/C12H19N5/c1-5-7(2)10(13)11-15-16-12-14-8(3)6-9(4)17(11)12/h6-7,10H,5,13H2,1-4H3. The first-order chi connectivity index (χ1) is 8.04. The molecule has 0 bridgehead atoms. The molecule has 2 rings (SSSR count). The Morgan fingerprint density at radius 3 is 2.71 bits per heavy atom. The second-order valence-corrected chi connectivity index (χ2v) is 4.64. The Kier molecular flexibility index (Phi) is 3.11. The maximum atomic E-state index is 6.22. The summed E-state index contributed by atoms with van der Waals surface area (Å²) in [6.07, 6.45) is 1.02. The summed E-state index contributed by atoms with van der Waals surface area (Å²) in [5, 5.41) is 8.29. The van der Waals surface area contributed by atoms with E-state index in [0.717, 1.165) is 23.6 Å². The SMILES string of the molecule is CCC(C)C(N)c1nnc2nc(C)cc(C)n12. The third-order valence-electron chi connectivity index (χ3n) is 3.27. The maximum Gasteiger partial charge on any atom is 0.255 e. The lowest BCUT2D eigenvalue weighted by Gasteiger charge is -2.17. The minimum absolute atomic E-state index is 0.0989. The van der Waals surface area contributed by atoms with Crippen LogP contribution in [0.2, 0.25) is 0 Å². The Morgan fingerprint density at radius 1 is 1.35 bits per heavy atom. The van der Waals surface area contributed by atoms with Crippen molar-refractivity contribution in [1.29, 1.82) is 0 Å². The molecule has 0 saturated carbocycles. The van der Waals surface area contributed by atoms with Crippen LogP contribution in [0.15, 0.2) is 6.07 Å². The van der Waals surface area contributed by atoms with E-state index in [4.69, 9.17) is 5.73 Å². The van der Waals surface area contributed by atoms with Crippen molar-refractivity contribution in [3.05, 3.63) is 23.3 Å². The van der Waals surface area contributed by atoms with Crippen molar-refractivity contribution < 1.29 is 0 Å². The lowest BCUT2D eigenvalue weighted by atomic mass is 9.99. The van der Waals surface area contributed by atoms with Crippen molar-refractivity contribution in [3.63, 3.8) is 0 Å². The highest BCUT2D eigenvalue weighted by Crippen LogP contribution is 2.21. The molecule has 0 aromatic carbocycles. The lowest BCUT2D eigenvalue weighted by molar-refractivity contribution is 0.435. The molecule has 17 heavy (non-hydrogen) atoms. The van der Waals surface area contributed by atoms with Crippen LogP contribution in [0.4, 0.5) is 0 Å². The Balaban J connectivity index is 2.56. The van der Waals surface area contributed by atoms with Crippen LogP contribution in [0.25, 0.3) is 5.78 Å². The van der Waals surface area contributed by atoms with Gasteiger partial charge in [0.2, 0.25) is 0 Å². The molecule has 0 fully saturated rings. The van der Waals surface area contributed by atoms with Crippen LogP contribution in [0.5, 0.6) is 0 Å². The first kappa shape index (κ1) is 12.0. The Bertz CT molecular complexity index is 531. The minimum atomic E-state index is -0.0989. The summed E-state index contributed by atoms with van der Waals surface area (Å²) >= 11 is 0. The zero-order chi connectivity index (χ0) is 12.6. The van der Waals surface area contributed by atoms with E-state index in [-0.39, 0.29) is 6.04 Å². The summed E-state index contributed by atoms with van der Waals surface area (Å²) in [5.74, 6) is 1.82. The summed E-state index contributed by atoms with van der Waals surface area (Å²) in [6, 6.07) is 1.92. The molecule has 0 radical (unpaired) electrons. The molecular weight excluding hydrogens is 214 g/mol. The maximum absolute atomic E-state index is 6.22.